The minimum absolute atomic E-state index is 0.724. The van der Waals surface area contributed by atoms with Crippen LogP contribution in [0.4, 0.5) is 11.8 Å². The van der Waals surface area contributed by atoms with Crippen LogP contribution in [0, 0.1) is 0 Å². The number of benzene rings is 1. The van der Waals surface area contributed by atoms with Crippen LogP contribution >= 0.6 is 0 Å². The summed E-state index contributed by atoms with van der Waals surface area (Å²) in [5, 5.41) is 0. The van der Waals surface area contributed by atoms with Crippen LogP contribution in [0.2, 0.25) is 0 Å². The lowest BCUT2D eigenvalue weighted by Gasteiger charge is -2.34. The van der Waals surface area contributed by atoms with Crippen molar-refractivity contribution in [2.24, 2.45) is 0 Å². The molecule has 4 rings (SSSR count). The topological polar surface area (TPSA) is 52.6 Å². The van der Waals surface area contributed by atoms with Gasteiger partial charge in [-0.1, -0.05) is 30.3 Å². The number of rotatable bonds is 4. The molecule has 0 atom stereocenters. The number of nitrogens with zero attached hydrogens (tertiary/aromatic N) is 5. The van der Waals surface area contributed by atoms with Gasteiger partial charge in [0.25, 0.3) is 0 Å². The van der Waals surface area contributed by atoms with Crippen LogP contribution in [0.1, 0.15) is 19.3 Å². The van der Waals surface area contributed by atoms with Crippen molar-refractivity contribution in [1.82, 2.24) is 14.9 Å². The number of piperidine rings is 1. The molecule has 0 saturated carbocycles. The van der Waals surface area contributed by atoms with Gasteiger partial charge < -0.3 is 14.7 Å². The molecule has 0 aliphatic carbocycles. The summed E-state index contributed by atoms with van der Waals surface area (Å²) in [4.78, 5) is 27.1. The number of carbonyl (C=O) groups is 1. The van der Waals surface area contributed by atoms with Gasteiger partial charge in [-0.25, -0.2) is 4.98 Å². The predicted molar refractivity (Wildman–Crippen MR) is 103 cm³/mol. The second kappa shape index (κ2) is 7.72. The third-order valence-electron chi connectivity index (χ3n) is 5.20. The normalized spacial score (nSPS) is 18.1. The van der Waals surface area contributed by atoms with Crippen molar-refractivity contribution in [3.05, 3.63) is 36.4 Å². The highest BCUT2D eigenvalue weighted by atomic mass is 16.1. The van der Waals surface area contributed by atoms with Crippen molar-refractivity contribution < 1.29 is 4.79 Å². The molecule has 2 fully saturated rings. The van der Waals surface area contributed by atoms with E-state index in [1.54, 1.807) is 0 Å². The summed E-state index contributed by atoms with van der Waals surface area (Å²) in [5.74, 6) is 1.80. The Labute approximate surface area is 154 Å². The molecule has 1 aromatic heterocycles. The molecule has 1 amide bonds. The molecular weight excluding hydrogens is 326 g/mol. The Morgan fingerprint density at radius 1 is 0.808 bits per heavy atom. The van der Waals surface area contributed by atoms with Crippen molar-refractivity contribution in [3.8, 4) is 11.3 Å². The Morgan fingerprint density at radius 2 is 1.54 bits per heavy atom. The zero-order valence-electron chi connectivity index (χ0n) is 15.0. The fourth-order valence-corrected chi connectivity index (χ4v) is 3.63. The van der Waals surface area contributed by atoms with Gasteiger partial charge in [-0.05, 0) is 19.3 Å². The van der Waals surface area contributed by atoms with E-state index in [0.29, 0.717) is 0 Å². The third-order valence-corrected chi connectivity index (χ3v) is 5.20. The van der Waals surface area contributed by atoms with E-state index in [4.69, 9.17) is 9.97 Å². The standard InChI is InChI=1S/C20H25N5O/c26-16-23-11-13-25(14-12-23)20-21-18(17-7-3-1-4-8-17)15-19(22-20)24-9-5-2-6-10-24/h1,3-4,7-8,15-16H,2,5-6,9-14H2. The summed E-state index contributed by atoms with van der Waals surface area (Å²) in [6.07, 6.45) is 4.67. The number of amides is 1. The van der Waals surface area contributed by atoms with E-state index in [1.807, 2.05) is 23.1 Å². The number of aromatic nitrogens is 2. The van der Waals surface area contributed by atoms with Crippen LogP contribution in [0.25, 0.3) is 11.3 Å². The Hall–Kier alpha value is -2.63. The lowest BCUT2D eigenvalue weighted by Crippen LogP contribution is -2.46. The van der Waals surface area contributed by atoms with Crippen molar-refractivity contribution in [3.63, 3.8) is 0 Å². The van der Waals surface area contributed by atoms with Crippen molar-refractivity contribution in [2.45, 2.75) is 19.3 Å². The first kappa shape index (κ1) is 16.8. The molecule has 2 saturated heterocycles. The van der Waals surface area contributed by atoms with Gasteiger partial charge in [0.15, 0.2) is 0 Å². The van der Waals surface area contributed by atoms with Gasteiger partial charge in [0.05, 0.1) is 5.69 Å². The second-order valence-electron chi connectivity index (χ2n) is 6.95. The zero-order valence-corrected chi connectivity index (χ0v) is 15.0. The fraction of sp³-hybridized carbons (Fsp3) is 0.450. The molecule has 2 aromatic rings. The molecule has 0 spiro atoms. The molecule has 1 aromatic carbocycles. The van der Waals surface area contributed by atoms with E-state index in [1.165, 1.54) is 19.3 Å². The average Bonchev–Trinajstić information content (AvgIpc) is 2.75. The molecule has 0 unspecified atom stereocenters. The molecule has 0 bridgehead atoms. The van der Waals surface area contributed by atoms with Crippen molar-refractivity contribution in [1.29, 1.82) is 0 Å². The Kier molecular flexibility index (Phi) is 5.00. The van der Waals surface area contributed by atoms with Crippen LogP contribution in [0.3, 0.4) is 0 Å². The Morgan fingerprint density at radius 3 is 2.23 bits per heavy atom. The minimum atomic E-state index is 0.724. The fourth-order valence-electron chi connectivity index (χ4n) is 3.63. The first-order valence-corrected chi connectivity index (χ1v) is 9.47. The molecule has 3 heterocycles. The number of carbonyl (C=O) groups excluding carboxylic acids is 1. The predicted octanol–water partition coefficient (Wildman–Crippen LogP) is 2.41. The van der Waals surface area contributed by atoms with Gasteiger partial charge in [-0.2, -0.15) is 4.98 Å². The molecule has 26 heavy (non-hydrogen) atoms. The molecule has 0 N–H and O–H groups in total. The van der Waals surface area contributed by atoms with Gasteiger partial charge in [-0.3, -0.25) is 4.79 Å². The van der Waals surface area contributed by atoms with Crippen molar-refractivity contribution >= 4 is 18.2 Å². The third kappa shape index (κ3) is 3.64. The van der Waals surface area contributed by atoms with Crippen LogP contribution in [0.5, 0.6) is 0 Å². The molecule has 6 heteroatoms. The Balaban J connectivity index is 1.67. The molecule has 2 aliphatic heterocycles. The number of piperazine rings is 1. The van der Waals surface area contributed by atoms with E-state index in [2.05, 4.69) is 28.0 Å². The van der Waals surface area contributed by atoms with Crippen LogP contribution in [-0.4, -0.2) is 60.5 Å². The van der Waals surface area contributed by atoms with E-state index in [9.17, 15) is 4.79 Å². The molecule has 6 nitrogen and oxygen atoms in total. The first-order chi connectivity index (χ1) is 12.8. The van der Waals surface area contributed by atoms with Crippen molar-refractivity contribution in [2.75, 3.05) is 49.1 Å². The van der Waals surface area contributed by atoms with E-state index in [0.717, 1.165) is 68.7 Å². The summed E-state index contributed by atoms with van der Waals surface area (Å²) >= 11 is 0. The summed E-state index contributed by atoms with van der Waals surface area (Å²) in [6, 6.07) is 12.4. The van der Waals surface area contributed by atoms with E-state index < -0.39 is 0 Å². The lowest BCUT2D eigenvalue weighted by atomic mass is 10.1. The highest BCUT2D eigenvalue weighted by Gasteiger charge is 2.21. The molecule has 2 aliphatic rings. The van der Waals surface area contributed by atoms with Gasteiger partial charge in [0.1, 0.15) is 5.82 Å². The monoisotopic (exact) mass is 351 g/mol. The molecular formula is C20H25N5O. The summed E-state index contributed by atoms with van der Waals surface area (Å²) in [7, 11) is 0. The van der Waals surface area contributed by atoms with E-state index in [-0.39, 0.29) is 0 Å². The first-order valence-electron chi connectivity index (χ1n) is 9.47. The van der Waals surface area contributed by atoms with Gasteiger partial charge in [0, 0.05) is 50.9 Å². The Bertz CT molecular complexity index is 737. The number of hydrogen-bond acceptors (Lipinski definition) is 5. The maximum atomic E-state index is 11.0. The minimum Gasteiger partial charge on any atom is -0.356 e. The van der Waals surface area contributed by atoms with Crippen LogP contribution < -0.4 is 9.80 Å². The summed E-state index contributed by atoms with van der Waals surface area (Å²) in [5.41, 5.74) is 2.08. The highest BCUT2D eigenvalue weighted by Crippen LogP contribution is 2.27. The lowest BCUT2D eigenvalue weighted by molar-refractivity contribution is -0.118. The quantitative estimate of drug-likeness (QED) is 0.792. The maximum Gasteiger partial charge on any atom is 0.228 e. The van der Waals surface area contributed by atoms with Gasteiger partial charge >= 0.3 is 0 Å². The molecule has 136 valence electrons. The maximum absolute atomic E-state index is 11.0. The smallest absolute Gasteiger partial charge is 0.228 e. The van der Waals surface area contributed by atoms with Gasteiger partial charge in [0.2, 0.25) is 12.4 Å². The summed E-state index contributed by atoms with van der Waals surface area (Å²) < 4.78 is 0. The van der Waals surface area contributed by atoms with Crippen LogP contribution in [0.15, 0.2) is 36.4 Å². The van der Waals surface area contributed by atoms with Crippen LogP contribution in [-0.2, 0) is 4.79 Å². The largest absolute Gasteiger partial charge is 0.356 e. The molecule has 0 radical (unpaired) electrons. The highest BCUT2D eigenvalue weighted by molar-refractivity contribution is 5.65. The van der Waals surface area contributed by atoms with E-state index >= 15 is 0 Å². The second-order valence-corrected chi connectivity index (χ2v) is 6.95. The average molecular weight is 351 g/mol. The number of hydrogen-bond donors (Lipinski definition) is 0. The number of anilines is 2. The zero-order chi connectivity index (χ0) is 17.8. The van der Waals surface area contributed by atoms with Gasteiger partial charge in [-0.15, -0.1) is 0 Å². The SMILES string of the molecule is O=CN1CCN(c2nc(-c3ccccc3)cc(N3CCCCC3)n2)CC1. The summed E-state index contributed by atoms with van der Waals surface area (Å²) in [6.45, 7) is 5.11.